The van der Waals surface area contributed by atoms with Crippen molar-refractivity contribution in [3.05, 3.63) is 34.9 Å². The highest BCUT2D eigenvalue weighted by Gasteiger charge is 2.14. The van der Waals surface area contributed by atoms with Gasteiger partial charge in [0.1, 0.15) is 0 Å². The van der Waals surface area contributed by atoms with Crippen LogP contribution >= 0.6 is 11.6 Å². The van der Waals surface area contributed by atoms with Gasteiger partial charge in [-0.2, -0.15) is 0 Å². The molecule has 2 unspecified atom stereocenters. The zero-order chi connectivity index (χ0) is 15.1. The summed E-state index contributed by atoms with van der Waals surface area (Å²) in [5, 5.41) is 13.5. The smallest absolute Gasteiger partial charge is 0.223 e. The second-order valence-electron chi connectivity index (χ2n) is 5.33. The third-order valence-electron chi connectivity index (χ3n) is 3.05. The Hall–Kier alpha value is -1.10. The van der Waals surface area contributed by atoms with Crippen LogP contribution in [-0.4, -0.2) is 42.6 Å². The molecule has 0 aliphatic heterocycles. The van der Waals surface area contributed by atoms with Gasteiger partial charge >= 0.3 is 0 Å². The van der Waals surface area contributed by atoms with Crippen molar-refractivity contribution < 1.29 is 9.90 Å². The second-order valence-corrected chi connectivity index (χ2v) is 5.77. The first kappa shape index (κ1) is 17.0. The summed E-state index contributed by atoms with van der Waals surface area (Å²) in [6.45, 7) is 2.89. The summed E-state index contributed by atoms with van der Waals surface area (Å²) >= 11 is 5.79. The number of hydrogen-bond donors (Lipinski definition) is 2. The van der Waals surface area contributed by atoms with E-state index < -0.39 is 6.10 Å². The van der Waals surface area contributed by atoms with Crippen LogP contribution in [0.15, 0.2) is 24.3 Å². The van der Waals surface area contributed by atoms with Crippen LogP contribution in [0.5, 0.6) is 0 Å². The molecule has 112 valence electrons. The third kappa shape index (κ3) is 6.37. The van der Waals surface area contributed by atoms with Gasteiger partial charge in [0.25, 0.3) is 0 Å². The minimum absolute atomic E-state index is 0.0634. The number of carbonyl (C=O) groups is 1. The number of rotatable bonds is 7. The molecule has 1 amide bonds. The second kappa shape index (κ2) is 8.25. The lowest BCUT2D eigenvalue weighted by atomic mass is 10.1. The number of halogens is 1. The Labute approximate surface area is 125 Å². The number of aliphatic hydroxyl groups is 1. The highest BCUT2D eigenvalue weighted by molar-refractivity contribution is 6.30. The van der Waals surface area contributed by atoms with E-state index in [9.17, 15) is 9.90 Å². The number of hydrogen-bond acceptors (Lipinski definition) is 3. The number of benzene rings is 1. The molecule has 1 aromatic rings. The molecule has 0 aliphatic rings. The van der Waals surface area contributed by atoms with Gasteiger partial charge in [-0.25, -0.2) is 0 Å². The minimum atomic E-state index is -0.798. The van der Waals surface area contributed by atoms with Crippen molar-refractivity contribution >= 4 is 17.5 Å². The average Bonchev–Trinajstić information content (AvgIpc) is 2.36. The van der Waals surface area contributed by atoms with Crippen molar-refractivity contribution in [3.63, 3.8) is 0 Å². The fraction of sp³-hybridized carbons (Fsp3) is 0.533. The highest BCUT2D eigenvalue weighted by atomic mass is 35.5. The van der Waals surface area contributed by atoms with Crippen LogP contribution in [0.3, 0.4) is 0 Å². The van der Waals surface area contributed by atoms with Crippen LogP contribution in [0, 0.1) is 0 Å². The van der Waals surface area contributed by atoms with Gasteiger partial charge in [0.2, 0.25) is 5.91 Å². The zero-order valence-electron chi connectivity index (χ0n) is 12.3. The Morgan fingerprint density at radius 3 is 2.50 bits per heavy atom. The van der Waals surface area contributed by atoms with Crippen LogP contribution in [0.2, 0.25) is 5.02 Å². The molecule has 1 aromatic carbocycles. The van der Waals surface area contributed by atoms with Gasteiger partial charge in [-0.1, -0.05) is 23.7 Å². The van der Waals surface area contributed by atoms with Crippen molar-refractivity contribution in [1.82, 2.24) is 10.2 Å². The lowest BCUT2D eigenvalue weighted by Gasteiger charge is -2.18. The van der Waals surface area contributed by atoms with E-state index in [0.29, 0.717) is 10.6 Å². The predicted molar refractivity (Wildman–Crippen MR) is 81.8 cm³/mol. The lowest BCUT2D eigenvalue weighted by molar-refractivity contribution is -0.123. The number of aliphatic hydroxyl groups excluding tert-OH is 1. The maximum Gasteiger partial charge on any atom is 0.223 e. The lowest BCUT2D eigenvalue weighted by Crippen LogP contribution is -2.35. The summed E-state index contributed by atoms with van der Waals surface area (Å²) in [6, 6.07) is 6.98. The molecule has 0 aromatic heterocycles. The maximum atomic E-state index is 11.8. The van der Waals surface area contributed by atoms with Gasteiger partial charge in [0, 0.05) is 11.1 Å². The van der Waals surface area contributed by atoms with E-state index in [0.717, 1.165) is 13.0 Å². The minimum Gasteiger partial charge on any atom is -0.388 e. The van der Waals surface area contributed by atoms with Gasteiger partial charge in [-0.3, -0.25) is 4.79 Å². The molecule has 0 aliphatic carbocycles. The van der Waals surface area contributed by atoms with Crippen molar-refractivity contribution in [3.8, 4) is 0 Å². The molecule has 20 heavy (non-hydrogen) atoms. The first-order chi connectivity index (χ1) is 9.38. The normalized spacial score (nSPS) is 14.1. The maximum absolute atomic E-state index is 11.8. The zero-order valence-corrected chi connectivity index (χ0v) is 13.0. The number of carbonyl (C=O) groups excluding carboxylic acids is 1. The van der Waals surface area contributed by atoms with E-state index in [-0.39, 0.29) is 18.4 Å². The predicted octanol–water partition coefficient (Wildman–Crippen LogP) is 2.22. The van der Waals surface area contributed by atoms with Gasteiger partial charge in [0.05, 0.1) is 12.5 Å². The summed E-state index contributed by atoms with van der Waals surface area (Å²) in [4.78, 5) is 13.9. The number of nitrogens with zero attached hydrogens (tertiary/aromatic N) is 1. The van der Waals surface area contributed by atoms with E-state index in [1.54, 1.807) is 24.3 Å². The van der Waals surface area contributed by atoms with E-state index in [4.69, 9.17) is 11.6 Å². The summed E-state index contributed by atoms with van der Waals surface area (Å²) < 4.78 is 0. The molecule has 4 nitrogen and oxygen atoms in total. The van der Waals surface area contributed by atoms with Crippen LogP contribution in [0.1, 0.15) is 31.4 Å². The quantitative estimate of drug-likeness (QED) is 0.811. The summed E-state index contributed by atoms with van der Waals surface area (Å²) in [6.07, 6.45) is 0.150. The van der Waals surface area contributed by atoms with Crippen molar-refractivity contribution in [2.24, 2.45) is 0 Å². The molecule has 0 saturated carbocycles. The van der Waals surface area contributed by atoms with Gasteiger partial charge < -0.3 is 15.3 Å². The van der Waals surface area contributed by atoms with E-state index in [2.05, 4.69) is 10.2 Å². The van der Waals surface area contributed by atoms with Crippen molar-refractivity contribution in [1.29, 1.82) is 0 Å². The fourth-order valence-corrected chi connectivity index (χ4v) is 1.96. The van der Waals surface area contributed by atoms with Crippen molar-refractivity contribution in [2.75, 3.05) is 20.6 Å². The molecular formula is C15H23ClN2O2. The molecular weight excluding hydrogens is 276 g/mol. The molecule has 2 atom stereocenters. The van der Waals surface area contributed by atoms with E-state index >= 15 is 0 Å². The molecule has 0 fully saturated rings. The number of amides is 1. The molecule has 0 spiro atoms. The molecule has 0 saturated heterocycles. The van der Waals surface area contributed by atoms with Crippen LogP contribution < -0.4 is 5.32 Å². The summed E-state index contributed by atoms with van der Waals surface area (Å²) in [5.41, 5.74) is 0.700. The molecule has 0 heterocycles. The van der Waals surface area contributed by atoms with Gasteiger partial charge in [-0.05, 0) is 51.7 Å². The SMILES string of the molecule is CC(CCN(C)C)NC(=O)CC(O)c1ccc(Cl)cc1. The van der Waals surface area contributed by atoms with Crippen LogP contribution in [-0.2, 0) is 4.79 Å². The Balaban J connectivity index is 2.39. The molecule has 0 radical (unpaired) electrons. The van der Waals surface area contributed by atoms with Crippen molar-refractivity contribution in [2.45, 2.75) is 31.9 Å². The van der Waals surface area contributed by atoms with Gasteiger partial charge in [-0.15, -0.1) is 0 Å². The number of nitrogens with one attached hydrogen (secondary N) is 1. The Kier molecular flexibility index (Phi) is 6.99. The Bertz CT molecular complexity index is 420. The highest BCUT2D eigenvalue weighted by Crippen LogP contribution is 2.19. The largest absolute Gasteiger partial charge is 0.388 e. The van der Waals surface area contributed by atoms with Crippen LogP contribution in [0.25, 0.3) is 0 Å². The fourth-order valence-electron chi connectivity index (χ4n) is 1.84. The monoisotopic (exact) mass is 298 g/mol. The third-order valence-corrected chi connectivity index (χ3v) is 3.30. The average molecular weight is 299 g/mol. The molecule has 0 bridgehead atoms. The van der Waals surface area contributed by atoms with Gasteiger partial charge in [0.15, 0.2) is 0 Å². The standard InChI is InChI=1S/C15H23ClN2O2/c1-11(8-9-18(2)3)17-15(20)10-14(19)12-4-6-13(16)7-5-12/h4-7,11,14,19H,8-10H2,1-3H3,(H,17,20). The van der Waals surface area contributed by atoms with E-state index in [1.165, 1.54) is 0 Å². The summed E-state index contributed by atoms with van der Waals surface area (Å²) in [7, 11) is 4.00. The first-order valence-electron chi connectivity index (χ1n) is 6.76. The molecule has 5 heteroatoms. The first-order valence-corrected chi connectivity index (χ1v) is 7.14. The van der Waals surface area contributed by atoms with E-state index in [1.807, 2.05) is 21.0 Å². The molecule has 2 N–H and O–H groups in total. The van der Waals surface area contributed by atoms with Crippen LogP contribution in [0.4, 0.5) is 0 Å². The topological polar surface area (TPSA) is 52.6 Å². The summed E-state index contributed by atoms with van der Waals surface area (Å²) in [5.74, 6) is -0.140. The Morgan fingerprint density at radius 1 is 1.35 bits per heavy atom. The molecule has 1 rings (SSSR count). The Morgan fingerprint density at radius 2 is 1.95 bits per heavy atom.